The van der Waals surface area contributed by atoms with Crippen LogP contribution in [0.4, 0.5) is 0 Å². The number of rotatable bonds is 10. The van der Waals surface area contributed by atoms with Crippen molar-refractivity contribution in [2.24, 2.45) is 11.8 Å². The van der Waals surface area contributed by atoms with Gasteiger partial charge in [0.2, 0.25) is 5.91 Å². The summed E-state index contributed by atoms with van der Waals surface area (Å²) in [6, 6.07) is 18.3. The van der Waals surface area contributed by atoms with Crippen molar-refractivity contribution in [2.75, 3.05) is 7.05 Å². The summed E-state index contributed by atoms with van der Waals surface area (Å²) >= 11 is 0. The normalized spacial score (nSPS) is 14.0. The summed E-state index contributed by atoms with van der Waals surface area (Å²) in [5.41, 5.74) is 2.33. The second-order valence-electron chi connectivity index (χ2n) is 8.92. The molecule has 3 N–H and O–H groups in total. The van der Waals surface area contributed by atoms with Crippen molar-refractivity contribution < 1.29 is 14.7 Å². The highest BCUT2D eigenvalue weighted by atomic mass is 16.3. The summed E-state index contributed by atoms with van der Waals surface area (Å²) in [5, 5.41) is 17.8. The number of pyridine rings is 1. The molecule has 2 aromatic carbocycles. The van der Waals surface area contributed by atoms with Crippen LogP contribution in [0.2, 0.25) is 0 Å². The Morgan fingerprint density at radius 2 is 1.76 bits per heavy atom. The molecule has 174 valence electrons. The molecule has 0 radical (unpaired) electrons. The molecule has 33 heavy (non-hydrogen) atoms. The maximum absolute atomic E-state index is 13.1. The van der Waals surface area contributed by atoms with Crippen LogP contribution in [0.25, 0.3) is 10.9 Å². The molecule has 0 saturated heterocycles. The molecule has 3 aromatic rings. The molecule has 3 rings (SSSR count). The van der Waals surface area contributed by atoms with E-state index < -0.39 is 12.1 Å². The molecule has 0 aliphatic heterocycles. The first-order chi connectivity index (χ1) is 15.9. The topological polar surface area (TPSA) is 91.3 Å². The van der Waals surface area contributed by atoms with Gasteiger partial charge in [0, 0.05) is 30.1 Å². The van der Waals surface area contributed by atoms with Gasteiger partial charge in [-0.1, -0.05) is 50.2 Å². The Morgan fingerprint density at radius 1 is 1.00 bits per heavy atom. The average Bonchev–Trinajstić information content (AvgIpc) is 2.82. The number of carbonyl (C=O) groups is 2. The minimum atomic E-state index is -0.877. The number of carbonyl (C=O) groups excluding carboxylic acids is 2. The van der Waals surface area contributed by atoms with Gasteiger partial charge in [-0.15, -0.1) is 0 Å². The molecule has 1 aromatic heterocycles. The zero-order valence-corrected chi connectivity index (χ0v) is 19.5. The van der Waals surface area contributed by atoms with E-state index in [0.29, 0.717) is 24.3 Å². The largest absolute Gasteiger partial charge is 0.391 e. The maximum atomic E-state index is 13.1. The smallest absolute Gasteiger partial charge is 0.251 e. The molecule has 0 bridgehead atoms. The Kier molecular flexibility index (Phi) is 8.55. The number of aliphatic hydroxyl groups is 1. The number of nitrogens with one attached hydrogen (secondary N) is 2. The van der Waals surface area contributed by atoms with Crippen molar-refractivity contribution in [2.45, 2.75) is 45.3 Å². The van der Waals surface area contributed by atoms with Crippen LogP contribution in [0.3, 0.4) is 0 Å². The molecule has 3 atom stereocenters. The fraction of sp³-hybridized carbons (Fsp3) is 0.370. The lowest BCUT2D eigenvalue weighted by Gasteiger charge is -2.28. The summed E-state index contributed by atoms with van der Waals surface area (Å²) in [6.45, 7) is 4.11. The zero-order valence-electron chi connectivity index (χ0n) is 19.5. The molecule has 0 saturated carbocycles. The standard InChI is InChI=1S/C27H33N3O3/c1-18(2)14-22(26(32)28-3)17-25(31)24(15-19-8-5-4-6-9-19)30-27(33)21-11-12-23-20(16-21)10-7-13-29-23/h4-13,16,18,22,24-25,31H,14-15,17H2,1-3H3,(H,28,32)(H,30,33)/t22-,24+,25+/m1/s1. The van der Waals surface area contributed by atoms with Crippen molar-refractivity contribution in [1.82, 2.24) is 15.6 Å². The molecule has 0 fully saturated rings. The van der Waals surface area contributed by atoms with Crippen molar-refractivity contribution in [3.8, 4) is 0 Å². The Bertz CT molecular complexity index is 1070. The average molecular weight is 448 g/mol. The summed E-state index contributed by atoms with van der Waals surface area (Å²) in [5.74, 6) is -0.365. The van der Waals surface area contributed by atoms with Gasteiger partial charge in [-0.05, 0) is 55.0 Å². The van der Waals surface area contributed by atoms with E-state index in [1.165, 1.54) is 0 Å². The van der Waals surface area contributed by atoms with Gasteiger partial charge in [0.1, 0.15) is 0 Å². The van der Waals surface area contributed by atoms with Crippen molar-refractivity contribution in [3.63, 3.8) is 0 Å². The Hall–Kier alpha value is -3.25. The number of hydrogen-bond acceptors (Lipinski definition) is 4. The summed E-state index contributed by atoms with van der Waals surface area (Å²) in [6.07, 6.45) is 2.24. The molecule has 0 aliphatic carbocycles. The SMILES string of the molecule is CNC(=O)[C@H](CC(C)C)C[C@H](O)[C@H](Cc1ccccc1)NC(=O)c1ccc2ncccc2c1. The minimum absolute atomic E-state index is 0.0884. The molecule has 1 heterocycles. The van der Waals surface area contributed by atoms with Gasteiger partial charge in [-0.25, -0.2) is 0 Å². The first kappa shape index (κ1) is 24.4. The number of nitrogens with zero attached hydrogens (tertiary/aromatic N) is 1. The van der Waals surface area contributed by atoms with E-state index >= 15 is 0 Å². The number of hydrogen-bond donors (Lipinski definition) is 3. The summed E-state index contributed by atoms with van der Waals surface area (Å²) < 4.78 is 0. The van der Waals surface area contributed by atoms with Crippen LogP contribution in [0.1, 0.15) is 42.6 Å². The van der Waals surface area contributed by atoms with E-state index in [2.05, 4.69) is 29.5 Å². The van der Waals surface area contributed by atoms with Gasteiger partial charge >= 0.3 is 0 Å². The predicted molar refractivity (Wildman–Crippen MR) is 131 cm³/mol. The Morgan fingerprint density at radius 3 is 2.45 bits per heavy atom. The van der Waals surface area contributed by atoms with E-state index in [1.807, 2.05) is 48.5 Å². The number of benzene rings is 2. The maximum Gasteiger partial charge on any atom is 0.251 e. The van der Waals surface area contributed by atoms with E-state index in [-0.39, 0.29) is 24.2 Å². The van der Waals surface area contributed by atoms with E-state index in [1.54, 1.807) is 25.4 Å². The molecular formula is C27H33N3O3. The minimum Gasteiger partial charge on any atom is -0.391 e. The van der Waals surface area contributed by atoms with Gasteiger partial charge in [-0.3, -0.25) is 14.6 Å². The first-order valence-corrected chi connectivity index (χ1v) is 11.5. The molecule has 0 spiro atoms. The molecule has 6 heteroatoms. The second kappa shape index (κ2) is 11.6. The van der Waals surface area contributed by atoms with Crippen molar-refractivity contribution in [1.29, 1.82) is 0 Å². The lowest BCUT2D eigenvalue weighted by molar-refractivity contribution is -0.126. The first-order valence-electron chi connectivity index (χ1n) is 11.5. The highest BCUT2D eigenvalue weighted by Crippen LogP contribution is 2.21. The van der Waals surface area contributed by atoms with Crippen LogP contribution < -0.4 is 10.6 Å². The van der Waals surface area contributed by atoms with Crippen LogP contribution in [0.15, 0.2) is 66.9 Å². The fourth-order valence-electron chi connectivity index (χ4n) is 4.16. The van der Waals surface area contributed by atoms with Crippen molar-refractivity contribution in [3.05, 3.63) is 78.0 Å². The van der Waals surface area contributed by atoms with Crippen LogP contribution in [0.5, 0.6) is 0 Å². The van der Waals surface area contributed by atoms with Crippen molar-refractivity contribution >= 4 is 22.7 Å². The third-order valence-corrected chi connectivity index (χ3v) is 5.84. The lowest BCUT2D eigenvalue weighted by atomic mass is 9.87. The van der Waals surface area contributed by atoms with E-state index in [4.69, 9.17) is 0 Å². The van der Waals surface area contributed by atoms with Gasteiger partial charge in [-0.2, -0.15) is 0 Å². The molecule has 6 nitrogen and oxygen atoms in total. The summed E-state index contributed by atoms with van der Waals surface area (Å²) in [4.78, 5) is 29.8. The summed E-state index contributed by atoms with van der Waals surface area (Å²) in [7, 11) is 1.61. The van der Waals surface area contributed by atoms with E-state index in [0.717, 1.165) is 16.5 Å². The van der Waals surface area contributed by atoms with Gasteiger partial charge in [0.05, 0.1) is 17.7 Å². The monoisotopic (exact) mass is 447 g/mol. The van der Waals surface area contributed by atoms with Crippen LogP contribution in [-0.2, 0) is 11.2 Å². The van der Waals surface area contributed by atoms with E-state index in [9.17, 15) is 14.7 Å². The van der Waals surface area contributed by atoms with Gasteiger partial charge in [0.25, 0.3) is 5.91 Å². The lowest BCUT2D eigenvalue weighted by Crippen LogP contribution is -2.46. The molecule has 0 unspecified atom stereocenters. The quantitative estimate of drug-likeness (QED) is 0.442. The number of fused-ring (bicyclic) bond motifs is 1. The third-order valence-electron chi connectivity index (χ3n) is 5.84. The fourth-order valence-corrected chi connectivity index (χ4v) is 4.16. The molecular weight excluding hydrogens is 414 g/mol. The number of aliphatic hydroxyl groups excluding tert-OH is 1. The Balaban J connectivity index is 1.81. The highest BCUT2D eigenvalue weighted by molar-refractivity contribution is 5.98. The molecule has 0 aliphatic rings. The van der Waals surface area contributed by atoms with Gasteiger partial charge < -0.3 is 15.7 Å². The number of aromatic nitrogens is 1. The third kappa shape index (κ3) is 6.86. The molecule has 2 amide bonds. The van der Waals surface area contributed by atoms with Crippen LogP contribution in [-0.4, -0.2) is 41.1 Å². The second-order valence-corrected chi connectivity index (χ2v) is 8.92. The number of amides is 2. The zero-order chi connectivity index (χ0) is 23.8. The highest BCUT2D eigenvalue weighted by Gasteiger charge is 2.28. The van der Waals surface area contributed by atoms with Crippen LogP contribution >= 0.6 is 0 Å². The van der Waals surface area contributed by atoms with Gasteiger partial charge in [0.15, 0.2) is 0 Å². The Labute approximate surface area is 195 Å². The van der Waals surface area contributed by atoms with Crippen LogP contribution in [0, 0.1) is 11.8 Å². The predicted octanol–water partition coefficient (Wildman–Crippen LogP) is 3.74.